The van der Waals surface area contributed by atoms with Crippen LogP contribution in [0.15, 0.2) is 48.5 Å². The van der Waals surface area contributed by atoms with Gasteiger partial charge in [-0.15, -0.1) is 0 Å². The summed E-state index contributed by atoms with van der Waals surface area (Å²) in [7, 11) is 2.15. The monoisotopic (exact) mass is 367 g/mol. The van der Waals surface area contributed by atoms with Gasteiger partial charge in [-0.05, 0) is 49.0 Å². The van der Waals surface area contributed by atoms with Gasteiger partial charge in [0.1, 0.15) is 5.75 Å². The molecule has 0 aliphatic carbocycles. The quantitative estimate of drug-likeness (QED) is 0.650. The summed E-state index contributed by atoms with van der Waals surface area (Å²) in [5.41, 5.74) is 2.50. The molecule has 2 aromatic rings. The molecule has 0 unspecified atom stereocenters. The first-order valence-corrected chi connectivity index (χ1v) is 9.09. The molecule has 27 heavy (non-hydrogen) atoms. The number of hydrogen-bond acceptors (Lipinski definition) is 5. The van der Waals surface area contributed by atoms with Crippen LogP contribution < -0.4 is 10.1 Å². The third-order valence-corrected chi connectivity index (χ3v) is 4.59. The van der Waals surface area contributed by atoms with Gasteiger partial charge in [-0.3, -0.25) is 14.5 Å². The Morgan fingerprint density at radius 2 is 1.59 bits per heavy atom. The van der Waals surface area contributed by atoms with E-state index >= 15 is 0 Å². The molecule has 0 saturated carbocycles. The molecule has 0 atom stereocenters. The van der Waals surface area contributed by atoms with Gasteiger partial charge in [0.15, 0.2) is 0 Å². The fourth-order valence-electron chi connectivity index (χ4n) is 3.00. The van der Waals surface area contributed by atoms with Crippen LogP contribution in [0.5, 0.6) is 5.75 Å². The van der Waals surface area contributed by atoms with Crippen LogP contribution in [0.2, 0.25) is 0 Å². The number of hydrogen-bond donors (Lipinski definition) is 1. The summed E-state index contributed by atoms with van der Waals surface area (Å²) in [5.74, 6) is -0.160. The van der Waals surface area contributed by atoms with E-state index in [1.165, 1.54) is 12.5 Å². The molecular formula is C21H25N3O3. The number of likely N-dealkylation sites (N-methyl/N-ethyl adjacent to an activating group) is 1. The second kappa shape index (κ2) is 8.79. The lowest BCUT2D eigenvalue weighted by Crippen LogP contribution is -2.43. The first-order chi connectivity index (χ1) is 13.0. The van der Waals surface area contributed by atoms with Crippen molar-refractivity contribution in [2.45, 2.75) is 13.5 Å². The normalized spacial score (nSPS) is 15.3. The lowest BCUT2D eigenvalue weighted by Gasteiger charge is -2.32. The summed E-state index contributed by atoms with van der Waals surface area (Å²) in [6.07, 6.45) is 0. The molecule has 1 amide bonds. The standard InChI is InChI=1S/C21H25N3O3/c1-16(25)27-20-9-5-18(6-10-20)21(26)22-19-7-3-17(4-8-19)15-24-13-11-23(2)12-14-24/h3-10H,11-15H2,1-2H3,(H,22,26). The highest BCUT2D eigenvalue weighted by molar-refractivity contribution is 6.04. The van der Waals surface area contributed by atoms with Crippen molar-refractivity contribution in [3.05, 3.63) is 59.7 Å². The molecule has 6 nitrogen and oxygen atoms in total. The molecule has 6 heteroatoms. The number of carbonyl (C=O) groups excluding carboxylic acids is 2. The third kappa shape index (κ3) is 5.64. The van der Waals surface area contributed by atoms with Gasteiger partial charge in [0.25, 0.3) is 5.91 Å². The zero-order valence-corrected chi connectivity index (χ0v) is 15.8. The molecule has 1 saturated heterocycles. The van der Waals surface area contributed by atoms with E-state index < -0.39 is 0 Å². The fourth-order valence-corrected chi connectivity index (χ4v) is 3.00. The number of nitrogens with one attached hydrogen (secondary N) is 1. The number of ether oxygens (including phenoxy) is 1. The summed E-state index contributed by atoms with van der Waals surface area (Å²) in [6, 6.07) is 14.4. The Kier molecular flexibility index (Phi) is 6.21. The summed E-state index contributed by atoms with van der Waals surface area (Å²) in [6.45, 7) is 6.64. The summed E-state index contributed by atoms with van der Waals surface area (Å²) in [4.78, 5) is 28.1. The molecule has 1 fully saturated rings. The SMILES string of the molecule is CC(=O)Oc1ccc(C(=O)Nc2ccc(CN3CCN(C)CC3)cc2)cc1. The number of amides is 1. The Labute approximate surface area is 159 Å². The van der Waals surface area contributed by atoms with Gasteiger partial charge in [-0.25, -0.2) is 0 Å². The predicted octanol–water partition coefficient (Wildman–Crippen LogP) is 2.61. The van der Waals surface area contributed by atoms with Gasteiger partial charge >= 0.3 is 5.97 Å². The number of rotatable bonds is 5. The minimum Gasteiger partial charge on any atom is -0.427 e. The lowest BCUT2D eigenvalue weighted by atomic mass is 10.1. The zero-order chi connectivity index (χ0) is 19.2. The van der Waals surface area contributed by atoms with Crippen LogP contribution >= 0.6 is 0 Å². The molecule has 0 aromatic heterocycles. The van der Waals surface area contributed by atoms with Crippen molar-refractivity contribution in [1.82, 2.24) is 9.80 Å². The predicted molar refractivity (Wildman–Crippen MR) is 105 cm³/mol. The molecule has 1 aliphatic heterocycles. The van der Waals surface area contributed by atoms with E-state index in [4.69, 9.17) is 4.74 Å². The van der Waals surface area contributed by atoms with E-state index in [0.717, 1.165) is 38.4 Å². The van der Waals surface area contributed by atoms with Crippen LogP contribution in [0.4, 0.5) is 5.69 Å². The van der Waals surface area contributed by atoms with E-state index in [1.807, 2.05) is 12.1 Å². The summed E-state index contributed by atoms with van der Waals surface area (Å²) >= 11 is 0. The Bertz CT molecular complexity index is 779. The van der Waals surface area contributed by atoms with Gasteiger partial charge < -0.3 is 15.0 Å². The average molecular weight is 367 g/mol. The number of nitrogens with zero attached hydrogens (tertiary/aromatic N) is 2. The number of benzene rings is 2. The average Bonchev–Trinajstić information content (AvgIpc) is 2.65. The second-order valence-corrected chi connectivity index (χ2v) is 6.85. The molecule has 3 rings (SSSR count). The fraction of sp³-hybridized carbons (Fsp3) is 0.333. The van der Waals surface area contributed by atoms with Crippen LogP contribution in [-0.2, 0) is 11.3 Å². The van der Waals surface area contributed by atoms with Crippen molar-refractivity contribution in [3.8, 4) is 5.75 Å². The van der Waals surface area contributed by atoms with Gasteiger partial charge in [0.2, 0.25) is 0 Å². The van der Waals surface area contributed by atoms with Crippen molar-refractivity contribution in [2.24, 2.45) is 0 Å². The largest absolute Gasteiger partial charge is 0.427 e. The van der Waals surface area contributed by atoms with Gasteiger partial charge in [-0.1, -0.05) is 12.1 Å². The topological polar surface area (TPSA) is 61.9 Å². The highest BCUT2D eigenvalue weighted by Crippen LogP contribution is 2.16. The Morgan fingerprint density at radius 1 is 0.963 bits per heavy atom. The minimum atomic E-state index is -0.385. The Balaban J connectivity index is 1.54. The van der Waals surface area contributed by atoms with Crippen molar-refractivity contribution < 1.29 is 14.3 Å². The van der Waals surface area contributed by atoms with Crippen LogP contribution in [0.25, 0.3) is 0 Å². The maximum absolute atomic E-state index is 12.3. The van der Waals surface area contributed by atoms with E-state index in [0.29, 0.717) is 11.3 Å². The smallest absolute Gasteiger partial charge is 0.308 e. The van der Waals surface area contributed by atoms with Crippen LogP contribution in [-0.4, -0.2) is 54.9 Å². The molecule has 142 valence electrons. The minimum absolute atomic E-state index is 0.198. The molecule has 0 radical (unpaired) electrons. The highest BCUT2D eigenvalue weighted by Gasteiger charge is 2.14. The van der Waals surface area contributed by atoms with Crippen molar-refractivity contribution >= 4 is 17.6 Å². The van der Waals surface area contributed by atoms with Crippen LogP contribution in [0, 0.1) is 0 Å². The van der Waals surface area contributed by atoms with Crippen molar-refractivity contribution in [2.75, 3.05) is 38.5 Å². The third-order valence-electron chi connectivity index (χ3n) is 4.59. The van der Waals surface area contributed by atoms with Crippen LogP contribution in [0.1, 0.15) is 22.8 Å². The number of esters is 1. The first kappa shape index (κ1) is 19.1. The maximum atomic E-state index is 12.3. The van der Waals surface area contributed by atoms with Gasteiger partial charge in [0, 0.05) is 50.9 Å². The van der Waals surface area contributed by atoms with Gasteiger partial charge in [0.05, 0.1) is 0 Å². The Morgan fingerprint density at radius 3 is 2.19 bits per heavy atom. The number of piperazine rings is 1. The first-order valence-electron chi connectivity index (χ1n) is 9.09. The summed E-state index contributed by atoms with van der Waals surface area (Å²) < 4.78 is 4.97. The molecule has 0 bridgehead atoms. The van der Waals surface area contributed by atoms with E-state index in [2.05, 4.69) is 34.3 Å². The zero-order valence-electron chi connectivity index (χ0n) is 15.8. The van der Waals surface area contributed by atoms with Gasteiger partial charge in [-0.2, -0.15) is 0 Å². The second-order valence-electron chi connectivity index (χ2n) is 6.85. The van der Waals surface area contributed by atoms with E-state index in [1.54, 1.807) is 24.3 Å². The van der Waals surface area contributed by atoms with Crippen molar-refractivity contribution in [1.29, 1.82) is 0 Å². The molecule has 2 aromatic carbocycles. The van der Waals surface area contributed by atoms with Crippen LogP contribution in [0.3, 0.4) is 0 Å². The molecule has 1 heterocycles. The van der Waals surface area contributed by atoms with E-state index in [-0.39, 0.29) is 11.9 Å². The number of anilines is 1. The molecule has 0 spiro atoms. The highest BCUT2D eigenvalue weighted by atomic mass is 16.5. The molecular weight excluding hydrogens is 342 g/mol. The van der Waals surface area contributed by atoms with E-state index in [9.17, 15) is 9.59 Å². The summed E-state index contributed by atoms with van der Waals surface area (Å²) in [5, 5.41) is 2.89. The Hall–Kier alpha value is -2.70. The molecule has 1 aliphatic rings. The van der Waals surface area contributed by atoms with Crippen molar-refractivity contribution in [3.63, 3.8) is 0 Å². The lowest BCUT2D eigenvalue weighted by molar-refractivity contribution is -0.131. The number of carbonyl (C=O) groups is 2. The molecule has 1 N–H and O–H groups in total. The maximum Gasteiger partial charge on any atom is 0.308 e.